The topological polar surface area (TPSA) is 66.1 Å². The summed E-state index contributed by atoms with van der Waals surface area (Å²) >= 11 is 0. The zero-order valence-corrected chi connectivity index (χ0v) is 14.0. The molecule has 1 saturated carbocycles. The molecule has 1 aromatic heterocycles. The highest BCUT2D eigenvalue weighted by molar-refractivity contribution is 6.06. The molecule has 3 heterocycles. The molecule has 0 radical (unpaired) electrons. The van der Waals surface area contributed by atoms with Crippen molar-refractivity contribution in [3.05, 3.63) is 30.0 Å². The maximum absolute atomic E-state index is 12.6. The van der Waals surface area contributed by atoms with Gasteiger partial charge in [-0.25, -0.2) is 0 Å². The number of allylic oxidation sites excluding steroid dienone is 2. The molecule has 2 amide bonds. The fourth-order valence-electron chi connectivity index (χ4n) is 4.81. The van der Waals surface area contributed by atoms with Crippen molar-refractivity contribution in [2.45, 2.75) is 25.7 Å². The van der Waals surface area contributed by atoms with Gasteiger partial charge in [-0.2, -0.15) is 10.1 Å². The normalized spacial score (nSPS) is 33.9. The van der Waals surface area contributed by atoms with Gasteiger partial charge >= 0.3 is 0 Å². The van der Waals surface area contributed by atoms with Gasteiger partial charge in [0.2, 0.25) is 0 Å². The lowest BCUT2D eigenvalue weighted by atomic mass is 9.85. The van der Waals surface area contributed by atoms with Crippen molar-refractivity contribution in [1.82, 2.24) is 5.01 Å². The first-order valence-corrected chi connectivity index (χ1v) is 9.17. The number of carbonyl (C=O) groups is 2. The third-order valence-corrected chi connectivity index (χ3v) is 6.03. The van der Waals surface area contributed by atoms with E-state index in [9.17, 15) is 9.59 Å². The number of furan rings is 1. The highest BCUT2D eigenvalue weighted by Crippen LogP contribution is 2.52. The summed E-state index contributed by atoms with van der Waals surface area (Å²) in [5.41, 5.74) is 0. The predicted molar refractivity (Wildman–Crippen MR) is 91.9 cm³/mol. The summed E-state index contributed by atoms with van der Waals surface area (Å²) in [5.74, 6) is 1.08. The number of hydrazone groups is 1. The van der Waals surface area contributed by atoms with E-state index in [-0.39, 0.29) is 35.5 Å². The van der Waals surface area contributed by atoms with Crippen LogP contribution in [0, 0.1) is 23.7 Å². The van der Waals surface area contributed by atoms with E-state index in [4.69, 9.17) is 4.42 Å². The summed E-state index contributed by atoms with van der Waals surface area (Å²) in [5, 5.41) is 5.22. The number of anilines is 1. The van der Waals surface area contributed by atoms with Crippen LogP contribution in [0.1, 0.15) is 31.4 Å². The largest absolute Gasteiger partial charge is 0.440 e. The molecule has 4 atom stereocenters. The molecule has 130 valence electrons. The molecular weight excluding hydrogens is 318 g/mol. The fraction of sp³-hybridized carbons (Fsp3) is 0.526. The van der Waals surface area contributed by atoms with Gasteiger partial charge in [0.25, 0.3) is 11.8 Å². The van der Waals surface area contributed by atoms with Crippen LogP contribution >= 0.6 is 0 Å². The molecule has 2 bridgehead atoms. The summed E-state index contributed by atoms with van der Waals surface area (Å²) in [7, 11) is 0. The number of amides is 2. The molecule has 6 nitrogen and oxygen atoms in total. The number of piperidine rings is 1. The van der Waals surface area contributed by atoms with Crippen LogP contribution < -0.4 is 4.90 Å². The Labute approximate surface area is 146 Å². The van der Waals surface area contributed by atoms with Gasteiger partial charge in [0, 0.05) is 19.2 Å². The number of carbonyl (C=O) groups excluding carboxylic acids is 2. The second-order valence-electron chi connectivity index (χ2n) is 7.46. The average molecular weight is 339 g/mol. The van der Waals surface area contributed by atoms with Gasteiger partial charge in [-0.1, -0.05) is 12.2 Å². The standard InChI is InChI=1S/C19H21N3O3/c23-18-16-12-4-5-13(10-12)17(16)19(24)22(18)20-11-14-6-7-15(25-14)21-8-2-1-3-9-21/h4-7,11-13,16-17H,1-3,8-10H2/b20-11-/t12-,13-,16+,17+/m1/s1. The molecular formula is C19H21N3O3. The van der Waals surface area contributed by atoms with E-state index in [0.717, 1.165) is 30.4 Å². The van der Waals surface area contributed by atoms with E-state index in [1.165, 1.54) is 25.5 Å². The monoisotopic (exact) mass is 339 g/mol. The minimum absolute atomic E-state index is 0.161. The van der Waals surface area contributed by atoms with Gasteiger partial charge in [0.1, 0.15) is 5.76 Å². The van der Waals surface area contributed by atoms with E-state index < -0.39 is 0 Å². The molecule has 0 N–H and O–H groups in total. The summed E-state index contributed by atoms with van der Waals surface area (Å²) < 4.78 is 5.82. The van der Waals surface area contributed by atoms with Gasteiger partial charge in [-0.3, -0.25) is 9.59 Å². The van der Waals surface area contributed by atoms with Gasteiger partial charge < -0.3 is 9.32 Å². The second kappa shape index (κ2) is 5.58. The lowest BCUT2D eigenvalue weighted by molar-refractivity contribution is -0.140. The Kier molecular flexibility index (Phi) is 3.33. The lowest BCUT2D eigenvalue weighted by Gasteiger charge is -2.25. The Hall–Kier alpha value is -2.37. The van der Waals surface area contributed by atoms with Crippen molar-refractivity contribution in [3.63, 3.8) is 0 Å². The molecule has 0 spiro atoms. The number of rotatable bonds is 3. The van der Waals surface area contributed by atoms with E-state index >= 15 is 0 Å². The Bertz CT molecular complexity index is 745. The van der Waals surface area contributed by atoms with Crippen LogP contribution in [0.5, 0.6) is 0 Å². The Morgan fingerprint density at radius 3 is 2.36 bits per heavy atom. The van der Waals surface area contributed by atoms with Crippen LogP contribution in [0.2, 0.25) is 0 Å². The molecule has 2 saturated heterocycles. The molecule has 2 aliphatic heterocycles. The second-order valence-corrected chi connectivity index (χ2v) is 7.46. The Balaban J connectivity index is 1.32. The number of nitrogens with zero attached hydrogens (tertiary/aromatic N) is 3. The number of hydrogen-bond donors (Lipinski definition) is 0. The van der Waals surface area contributed by atoms with Crippen LogP contribution in [0.25, 0.3) is 0 Å². The Morgan fingerprint density at radius 2 is 1.68 bits per heavy atom. The summed E-state index contributed by atoms with van der Waals surface area (Å²) in [6, 6.07) is 3.77. The fourth-order valence-corrected chi connectivity index (χ4v) is 4.81. The molecule has 4 aliphatic rings. The van der Waals surface area contributed by atoms with Gasteiger partial charge in [0.05, 0.1) is 18.1 Å². The van der Waals surface area contributed by atoms with Gasteiger partial charge in [-0.15, -0.1) is 0 Å². The van der Waals surface area contributed by atoms with Gasteiger partial charge in [-0.05, 0) is 43.6 Å². The molecule has 5 rings (SSSR count). The highest BCUT2D eigenvalue weighted by Gasteiger charge is 2.59. The predicted octanol–water partition coefficient (Wildman–Crippen LogP) is 2.41. The molecule has 3 fully saturated rings. The summed E-state index contributed by atoms with van der Waals surface area (Å²) in [6.45, 7) is 2.01. The van der Waals surface area contributed by atoms with Crippen molar-refractivity contribution in [2.75, 3.05) is 18.0 Å². The maximum atomic E-state index is 12.6. The minimum Gasteiger partial charge on any atom is -0.440 e. The van der Waals surface area contributed by atoms with Gasteiger partial charge in [0.15, 0.2) is 5.88 Å². The molecule has 6 heteroatoms. The summed E-state index contributed by atoms with van der Waals surface area (Å²) in [6.07, 6.45) is 10.2. The third kappa shape index (κ3) is 2.27. The van der Waals surface area contributed by atoms with E-state index in [1.807, 2.05) is 12.1 Å². The van der Waals surface area contributed by atoms with Crippen LogP contribution in [-0.2, 0) is 9.59 Å². The zero-order valence-electron chi connectivity index (χ0n) is 14.0. The smallest absolute Gasteiger partial charge is 0.254 e. The van der Waals surface area contributed by atoms with Crippen LogP contribution in [0.4, 0.5) is 5.88 Å². The summed E-state index contributed by atoms with van der Waals surface area (Å²) in [4.78, 5) is 27.4. The van der Waals surface area contributed by atoms with Crippen LogP contribution in [0.3, 0.4) is 0 Å². The molecule has 1 aromatic rings. The molecule has 25 heavy (non-hydrogen) atoms. The molecule has 2 aliphatic carbocycles. The van der Waals surface area contributed by atoms with Crippen LogP contribution in [0.15, 0.2) is 33.8 Å². The third-order valence-electron chi connectivity index (χ3n) is 6.03. The number of hydrogen-bond acceptors (Lipinski definition) is 5. The quantitative estimate of drug-likeness (QED) is 0.482. The van der Waals surface area contributed by atoms with E-state index in [1.54, 1.807) is 0 Å². The Morgan fingerprint density at radius 1 is 1.00 bits per heavy atom. The SMILES string of the molecule is O=C1[C@@H]2[C@@H](C(=O)N1/N=C\c1ccc(N3CCCCC3)o1)[C@@H]1C=C[C@@H]2C1. The lowest BCUT2D eigenvalue weighted by Crippen LogP contribution is -2.28. The molecule has 0 unspecified atom stereocenters. The number of imide groups is 1. The first-order valence-electron chi connectivity index (χ1n) is 9.17. The first-order chi connectivity index (χ1) is 12.2. The minimum atomic E-state index is -0.208. The van der Waals surface area contributed by atoms with E-state index in [0.29, 0.717) is 5.76 Å². The van der Waals surface area contributed by atoms with Crippen molar-refractivity contribution in [2.24, 2.45) is 28.8 Å². The molecule has 0 aromatic carbocycles. The van der Waals surface area contributed by atoms with Crippen molar-refractivity contribution in [1.29, 1.82) is 0 Å². The van der Waals surface area contributed by atoms with Crippen molar-refractivity contribution < 1.29 is 14.0 Å². The maximum Gasteiger partial charge on any atom is 0.254 e. The van der Waals surface area contributed by atoms with Crippen molar-refractivity contribution in [3.8, 4) is 0 Å². The average Bonchev–Trinajstić information content (AvgIpc) is 3.40. The van der Waals surface area contributed by atoms with Crippen LogP contribution in [-0.4, -0.2) is 36.1 Å². The number of fused-ring (bicyclic) bond motifs is 5. The van der Waals surface area contributed by atoms with Crippen molar-refractivity contribution >= 4 is 23.9 Å². The zero-order chi connectivity index (χ0) is 17.0. The first kappa shape index (κ1) is 14.9. The highest BCUT2D eigenvalue weighted by atomic mass is 16.4. The van der Waals surface area contributed by atoms with E-state index in [2.05, 4.69) is 22.2 Å².